The second-order valence-electron chi connectivity index (χ2n) is 4.27. The number of rotatable bonds is 5. The number of para-hydroxylation sites is 1. The van der Waals surface area contributed by atoms with E-state index in [1.54, 1.807) is 19.2 Å². The molecule has 2 rings (SSSR count). The lowest BCUT2D eigenvalue weighted by Gasteiger charge is -2.09. The number of ether oxygens (including phenoxy) is 1. The van der Waals surface area contributed by atoms with Gasteiger partial charge < -0.3 is 15.3 Å². The van der Waals surface area contributed by atoms with E-state index in [0.717, 1.165) is 11.3 Å². The summed E-state index contributed by atoms with van der Waals surface area (Å²) >= 11 is 0. The number of benzene rings is 1. The van der Waals surface area contributed by atoms with Crippen LogP contribution in [0.25, 0.3) is 0 Å². The van der Waals surface area contributed by atoms with E-state index >= 15 is 0 Å². The quantitative estimate of drug-likeness (QED) is 0.659. The van der Waals surface area contributed by atoms with Crippen LogP contribution in [-0.4, -0.2) is 19.6 Å². The molecule has 0 radical (unpaired) electrons. The summed E-state index contributed by atoms with van der Waals surface area (Å²) in [5, 5.41) is 13.9. The highest BCUT2D eigenvalue weighted by Crippen LogP contribution is 2.17. The van der Waals surface area contributed by atoms with Gasteiger partial charge in [0.1, 0.15) is 11.3 Å². The zero-order valence-corrected chi connectivity index (χ0v) is 11.2. The summed E-state index contributed by atoms with van der Waals surface area (Å²) in [6, 6.07) is 10.8. The zero-order valence-electron chi connectivity index (χ0n) is 11.2. The number of pyridine rings is 1. The van der Waals surface area contributed by atoms with E-state index in [4.69, 9.17) is 4.74 Å². The van der Waals surface area contributed by atoms with Crippen molar-refractivity contribution in [1.82, 2.24) is 5.32 Å². The minimum absolute atomic E-state index is 0.259. The van der Waals surface area contributed by atoms with Crippen LogP contribution in [0, 0.1) is 5.21 Å². The Kier molecular flexibility index (Phi) is 4.55. The molecule has 0 fully saturated rings. The van der Waals surface area contributed by atoms with Crippen LogP contribution in [0.5, 0.6) is 5.75 Å². The lowest BCUT2D eigenvalue weighted by atomic mass is 10.1. The maximum atomic E-state index is 11.8. The van der Waals surface area contributed by atoms with Crippen molar-refractivity contribution in [2.24, 2.45) is 0 Å². The molecule has 0 aliphatic heterocycles. The molecule has 1 heterocycles. The molecule has 0 unspecified atom stereocenters. The van der Waals surface area contributed by atoms with E-state index in [-0.39, 0.29) is 5.91 Å². The van der Waals surface area contributed by atoms with Crippen LogP contribution in [-0.2, 0) is 6.42 Å². The molecule has 0 saturated carbocycles. The molecule has 0 bridgehead atoms. The zero-order chi connectivity index (χ0) is 14.4. The van der Waals surface area contributed by atoms with Gasteiger partial charge in [-0.15, -0.1) is 0 Å². The van der Waals surface area contributed by atoms with Gasteiger partial charge in [-0.3, -0.25) is 4.79 Å². The molecule has 1 aromatic carbocycles. The third-order valence-corrected chi connectivity index (χ3v) is 2.91. The molecule has 0 saturated heterocycles. The third-order valence-electron chi connectivity index (χ3n) is 2.91. The fraction of sp³-hybridized carbons (Fsp3) is 0.200. The van der Waals surface area contributed by atoms with E-state index in [2.05, 4.69) is 5.32 Å². The average Bonchev–Trinajstić information content (AvgIpc) is 2.47. The van der Waals surface area contributed by atoms with E-state index in [1.807, 2.05) is 24.3 Å². The summed E-state index contributed by atoms with van der Waals surface area (Å²) in [4.78, 5) is 11.8. The summed E-state index contributed by atoms with van der Waals surface area (Å²) in [5.41, 5.74) is 1.38. The Bertz CT molecular complexity index is 599. The predicted molar refractivity (Wildman–Crippen MR) is 74.4 cm³/mol. The maximum Gasteiger partial charge on any atom is 0.257 e. The van der Waals surface area contributed by atoms with Gasteiger partial charge in [-0.05, 0) is 24.1 Å². The molecule has 1 amide bonds. The summed E-state index contributed by atoms with van der Waals surface area (Å²) in [5.74, 6) is 0.545. The molecule has 0 aliphatic carbocycles. The van der Waals surface area contributed by atoms with Crippen LogP contribution in [0.15, 0.2) is 48.8 Å². The van der Waals surface area contributed by atoms with Crippen LogP contribution in [0.3, 0.4) is 0 Å². The van der Waals surface area contributed by atoms with E-state index in [0.29, 0.717) is 23.3 Å². The monoisotopic (exact) mass is 272 g/mol. The smallest absolute Gasteiger partial charge is 0.257 e. The Balaban J connectivity index is 1.91. The molecule has 1 N–H and O–H groups in total. The number of hydrogen-bond donors (Lipinski definition) is 1. The maximum absolute atomic E-state index is 11.8. The van der Waals surface area contributed by atoms with Crippen molar-refractivity contribution in [3.63, 3.8) is 0 Å². The van der Waals surface area contributed by atoms with Gasteiger partial charge in [-0.2, -0.15) is 4.73 Å². The largest absolute Gasteiger partial charge is 0.619 e. The molecular weight excluding hydrogens is 256 g/mol. The minimum atomic E-state index is -0.259. The van der Waals surface area contributed by atoms with Gasteiger partial charge in [0.25, 0.3) is 5.91 Å². The standard InChI is InChI=1S/C15H16N2O3/c1-20-14-7-3-2-5-12(14)8-9-16-15(18)13-6-4-10-17(19)11-13/h2-7,10-11H,8-9H2,1H3,(H,16,18). The van der Waals surface area contributed by atoms with Crippen molar-refractivity contribution in [3.05, 3.63) is 65.1 Å². The second kappa shape index (κ2) is 6.56. The Morgan fingerprint density at radius 2 is 2.10 bits per heavy atom. The fourth-order valence-corrected chi connectivity index (χ4v) is 1.91. The molecule has 0 atom stereocenters. The predicted octanol–water partition coefficient (Wildman–Crippen LogP) is 1.30. The van der Waals surface area contributed by atoms with E-state index in [9.17, 15) is 10.0 Å². The summed E-state index contributed by atoms with van der Waals surface area (Å²) in [6.07, 6.45) is 3.25. The number of amides is 1. The molecule has 104 valence electrons. The van der Waals surface area contributed by atoms with Crippen LogP contribution < -0.4 is 14.8 Å². The van der Waals surface area contributed by atoms with Crippen molar-refractivity contribution >= 4 is 5.91 Å². The number of carbonyl (C=O) groups excluding carboxylic acids is 1. The van der Waals surface area contributed by atoms with Crippen molar-refractivity contribution in [3.8, 4) is 5.75 Å². The van der Waals surface area contributed by atoms with Crippen LogP contribution in [0.2, 0.25) is 0 Å². The second-order valence-corrected chi connectivity index (χ2v) is 4.27. The number of hydrogen-bond acceptors (Lipinski definition) is 3. The summed E-state index contributed by atoms with van der Waals surface area (Å²) < 4.78 is 5.85. The first-order valence-corrected chi connectivity index (χ1v) is 6.29. The Hall–Kier alpha value is -2.56. The number of methoxy groups -OCH3 is 1. The molecule has 5 heteroatoms. The topological polar surface area (TPSA) is 65.3 Å². The molecule has 1 aromatic heterocycles. The van der Waals surface area contributed by atoms with Gasteiger partial charge in [-0.1, -0.05) is 18.2 Å². The number of aromatic nitrogens is 1. The lowest BCUT2D eigenvalue weighted by Crippen LogP contribution is -2.30. The molecule has 0 aliphatic rings. The van der Waals surface area contributed by atoms with Crippen LogP contribution in [0.4, 0.5) is 0 Å². The molecule has 5 nitrogen and oxygen atoms in total. The summed E-state index contributed by atoms with van der Waals surface area (Å²) in [7, 11) is 1.62. The molecular formula is C15H16N2O3. The SMILES string of the molecule is COc1ccccc1CCNC(=O)c1ccc[n+]([O-])c1. The number of nitrogens with zero attached hydrogens (tertiary/aromatic N) is 1. The van der Waals surface area contributed by atoms with Crippen molar-refractivity contribution in [1.29, 1.82) is 0 Å². The fourth-order valence-electron chi connectivity index (χ4n) is 1.91. The first-order chi connectivity index (χ1) is 9.70. The Labute approximate surface area is 117 Å². The van der Waals surface area contributed by atoms with Gasteiger partial charge in [0.15, 0.2) is 12.4 Å². The highest BCUT2D eigenvalue weighted by atomic mass is 16.5. The van der Waals surface area contributed by atoms with Crippen molar-refractivity contribution in [2.45, 2.75) is 6.42 Å². The van der Waals surface area contributed by atoms with Gasteiger partial charge in [-0.25, -0.2) is 0 Å². The molecule has 0 spiro atoms. The molecule has 20 heavy (non-hydrogen) atoms. The van der Waals surface area contributed by atoms with E-state index < -0.39 is 0 Å². The average molecular weight is 272 g/mol. The van der Waals surface area contributed by atoms with Crippen LogP contribution >= 0.6 is 0 Å². The number of carbonyl (C=O) groups is 1. The van der Waals surface area contributed by atoms with Gasteiger partial charge in [0.2, 0.25) is 0 Å². The van der Waals surface area contributed by atoms with Gasteiger partial charge in [0.05, 0.1) is 7.11 Å². The van der Waals surface area contributed by atoms with Gasteiger partial charge >= 0.3 is 0 Å². The Morgan fingerprint density at radius 3 is 2.85 bits per heavy atom. The lowest BCUT2D eigenvalue weighted by molar-refractivity contribution is -0.605. The summed E-state index contributed by atoms with van der Waals surface area (Å²) in [6.45, 7) is 0.479. The van der Waals surface area contributed by atoms with Crippen molar-refractivity contribution < 1.29 is 14.3 Å². The third kappa shape index (κ3) is 3.47. The van der Waals surface area contributed by atoms with Crippen LogP contribution in [0.1, 0.15) is 15.9 Å². The minimum Gasteiger partial charge on any atom is -0.619 e. The number of nitrogens with one attached hydrogen (secondary N) is 1. The highest BCUT2D eigenvalue weighted by molar-refractivity contribution is 5.93. The van der Waals surface area contributed by atoms with E-state index in [1.165, 1.54) is 12.4 Å². The highest BCUT2D eigenvalue weighted by Gasteiger charge is 2.08. The Morgan fingerprint density at radius 1 is 1.30 bits per heavy atom. The first kappa shape index (κ1) is 13.9. The first-order valence-electron chi connectivity index (χ1n) is 6.29. The normalized spacial score (nSPS) is 10.1. The molecule has 2 aromatic rings. The van der Waals surface area contributed by atoms with Crippen molar-refractivity contribution in [2.75, 3.05) is 13.7 Å². The van der Waals surface area contributed by atoms with Gasteiger partial charge in [0, 0.05) is 12.6 Å².